The lowest BCUT2D eigenvalue weighted by molar-refractivity contribution is -0.116. The van der Waals surface area contributed by atoms with Gasteiger partial charge in [-0.1, -0.05) is 31.6 Å². The van der Waals surface area contributed by atoms with Crippen molar-refractivity contribution in [1.29, 1.82) is 0 Å². The number of carbonyl (C=O) groups is 1. The number of rotatable bonds is 8. The van der Waals surface area contributed by atoms with E-state index in [1.54, 1.807) is 37.5 Å². The van der Waals surface area contributed by atoms with Crippen molar-refractivity contribution >= 4 is 19.1 Å². The number of aromatic nitrogens is 1. The van der Waals surface area contributed by atoms with Crippen LogP contribution in [-0.2, 0) is 9.53 Å². The van der Waals surface area contributed by atoms with Crippen molar-refractivity contribution < 1.29 is 9.53 Å². The minimum absolute atomic E-state index is 0.277. The van der Waals surface area contributed by atoms with Crippen LogP contribution in [0, 0.1) is 0 Å². The monoisotopic (exact) mass is 411 g/mol. The number of pyridine rings is 1. The van der Waals surface area contributed by atoms with Gasteiger partial charge in [0.25, 0.3) is 5.91 Å². The maximum absolute atomic E-state index is 12.8. The Morgan fingerprint density at radius 1 is 1.30 bits per heavy atom. The molecule has 1 aromatic rings. The number of methoxy groups -OCH3 is 1. The molecule has 162 valence electrons. The fourth-order valence-electron chi connectivity index (χ4n) is 3.75. The van der Waals surface area contributed by atoms with Crippen LogP contribution in [0.1, 0.15) is 45.1 Å². The molecule has 1 saturated carbocycles. The molecule has 1 fully saturated rings. The Balaban J connectivity index is 2.05. The highest BCUT2D eigenvalue weighted by atomic mass is 16.5. The molecule has 30 heavy (non-hydrogen) atoms. The van der Waals surface area contributed by atoms with Crippen LogP contribution in [0.25, 0.3) is 0 Å². The molecule has 1 amide bonds. The predicted octanol–water partition coefficient (Wildman–Crippen LogP) is 3.01. The van der Waals surface area contributed by atoms with E-state index >= 15 is 0 Å². The maximum Gasteiger partial charge on any atom is 0.273 e. The van der Waals surface area contributed by atoms with Gasteiger partial charge in [0.05, 0.1) is 7.11 Å². The van der Waals surface area contributed by atoms with Gasteiger partial charge in [-0.3, -0.25) is 9.78 Å². The highest BCUT2D eigenvalue weighted by Crippen LogP contribution is 2.30. The molecule has 1 aromatic heterocycles. The van der Waals surface area contributed by atoms with Crippen molar-refractivity contribution in [3.63, 3.8) is 0 Å². The summed E-state index contributed by atoms with van der Waals surface area (Å²) in [7, 11) is 4.71. The zero-order valence-electron chi connectivity index (χ0n) is 18.8. The normalized spacial score (nSPS) is 20.5. The van der Waals surface area contributed by atoms with Crippen molar-refractivity contribution in [1.82, 2.24) is 20.7 Å². The summed E-state index contributed by atoms with van der Waals surface area (Å²) in [5, 5.41) is 5.04. The van der Waals surface area contributed by atoms with Gasteiger partial charge >= 0.3 is 0 Å². The molecule has 0 radical (unpaired) electrons. The van der Waals surface area contributed by atoms with E-state index in [4.69, 9.17) is 4.74 Å². The summed E-state index contributed by atoms with van der Waals surface area (Å²) >= 11 is 0. The van der Waals surface area contributed by atoms with Gasteiger partial charge in [-0.25, -0.2) is 10.4 Å². The second kappa shape index (κ2) is 12.2. The van der Waals surface area contributed by atoms with Crippen LogP contribution in [0.15, 0.2) is 53.2 Å². The molecule has 0 aromatic carbocycles. The molecule has 0 saturated heterocycles. The molecule has 0 spiro atoms. The van der Waals surface area contributed by atoms with Crippen LogP contribution in [0.3, 0.4) is 0 Å². The van der Waals surface area contributed by atoms with Crippen molar-refractivity contribution in [3.05, 3.63) is 53.8 Å². The molecule has 2 N–H and O–H groups in total. The Labute approximate surface area is 180 Å². The number of hydrogen-bond acceptors (Lipinski definition) is 6. The standard InChI is InChI=1S/C22H34BN5O2/c1-6-20(27-22(30-5)17-11-13-25-14-12-17)21(29)26-16(2)15-28(24-4)19-9-7-18(23-3)8-10-19/h6,11-15,18-19,23-24H,7-10H2,1-5H3,(H,26,29)/b16-15+,20-6-,27-22-. The summed E-state index contributed by atoms with van der Waals surface area (Å²) in [6, 6.07) is 4.02. The molecule has 7 nitrogen and oxygen atoms in total. The van der Waals surface area contributed by atoms with Gasteiger partial charge in [-0.2, -0.15) is 0 Å². The van der Waals surface area contributed by atoms with Crippen LogP contribution in [-0.4, -0.2) is 49.3 Å². The van der Waals surface area contributed by atoms with E-state index in [0.29, 0.717) is 11.9 Å². The van der Waals surface area contributed by atoms with E-state index in [1.807, 2.05) is 20.2 Å². The molecule has 8 heteroatoms. The average Bonchev–Trinajstić information content (AvgIpc) is 2.78. The van der Waals surface area contributed by atoms with Gasteiger partial charge in [0.2, 0.25) is 5.90 Å². The minimum atomic E-state index is -0.277. The van der Waals surface area contributed by atoms with E-state index < -0.39 is 0 Å². The number of nitrogens with zero attached hydrogens (tertiary/aromatic N) is 3. The molecule has 1 aliphatic carbocycles. The van der Waals surface area contributed by atoms with Gasteiger partial charge in [0.15, 0.2) is 0 Å². The van der Waals surface area contributed by atoms with Crippen LogP contribution in [0.4, 0.5) is 0 Å². The number of carbonyl (C=O) groups excluding carboxylic acids is 1. The van der Waals surface area contributed by atoms with Gasteiger partial charge < -0.3 is 15.1 Å². The fourth-order valence-corrected chi connectivity index (χ4v) is 3.75. The first-order valence-electron chi connectivity index (χ1n) is 10.7. The Morgan fingerprint density at radius 3 is 2.50 bits per heavy atom. The lowest BCUT2D eigenvalue weighted by atomic mass is 9.60. The Kier molecular flexibility index (Phi) is 9.61. The zero-order chi connectivity index (χ0) is 21.9. The van der Waals surface area contributed by atoms with Gasteiger partial charge in [-0.15, -0.1) is 0 Å². The Hall–Kier alpha value is -2.61. The van der Waals surface area contributed by atoms with E-state index in [0.717, 1.165) is 29.9 Å². The smallest absolute Gasteiger partial charge is 0.273 e. The lowest BCUT2D eigenvalue weighted by Crippen LogP contribution is -2.42. The summed E-state index contributed by atoms with van der Waals surface area (Å²) in [6.45, 7) is 5.94. The number of hydrogen-bond donors (Lipinski definition) is 2. The fraction of sp³-hybridized carbons (Fsp3) is 0.500. The topological polar surface area (TPSA) is 78.9 Å². The Morgan fingerprint density at radius 2 is 1.97 bits per heavy atom. The number of nitrogens with one attached hydrogen (secondary N) is 2. The van der Waals surface area contributed by atoms with Gasteiger partial charge in [0.1, 0.15) is 13.0 Å². The third-order valence-corrected chi connectivity index (χ3v) is 5.54. The Bertz CT molecular complexity index is 771. The highest BCUT2D eigenvalue weighted by Gasteiger charge is 2.23. The zero-order valence-corrected chi connectivity index (χ0v) is 18.8. The lowest BCUT2D eigenvalue weighted by Gasteiger charge is -2.35. The SMILES string of the molecule is CBC1CCC(N(/C=C(\C)NC(=O)C(=C/C)/N=C(\OC)c2ccncc2)NC)CC1. The van der Waals surface area contributed by atoms with Crippen molar-refractivity contribution in [2.45, 2.75) is 58.2 Å². The van der Waals surface area contributed by atoms with E-state index in [-0.39, 0.29) is 11.6 Å². The molecular weight excluding hydrogens is 377 g/mol. The number of allylic oxidation sites excluding steroid dienone is 2. The predicted molar refractivity (Wildman–Crippen MR) is 123 cm³/mol. The molecule has 0 atom stereocenters. The summed E-state index contributed by atoms with van der Waals surface area (Å²) in [4.78, 5) is 21.2. The van der Waals surface area contributed by atoms with Gasteiger partial charge in [0, 0.05) is 42.9 Å². The van der Waals surface area contributed by atoms with E-state index in [1.165, 1.54) is 27.2 Å². The van der Waals surface area contributed by atoms with Gasteiger partial charge in [-0.05, 0) is 38.8 Å². The molecule has 0 bridgehead atoms. The summed E-state index contributed by atoms with van der Waals surface area (Å²) in [5.74, 6) is 0.933. The van der Waals surface area contributed by atoms with Crippen LogP contribution in [0.2, 0.25) is 12.6 Å². The van der Waals surface area contributed by atoms with E-state index in [9.17, 15) is 4.79 Å². The molecule has 0 aliphatic heterocycles. The van der Waals surface area contributed by atoms with Crippen LogP contribution >= 0.6 is 0 Å². The van der Waals surface area contributed by atoms with Crippen molar-refractivity contribution in [2.75, 3.05) is 14.2 Å². The van der Waals surface area contributed by atoms with E-state index in [2.05, 4.69) is 32.6 Å². The first-order chi connectivity index (χ1) is 14.5. The summed E-state index contributed by atoms with van der Waals surface area (Å²) < 4.78 is 5.37. The average molecular weight is 411 g/mol. The number of hydrazine groups is 1. The molecule has 1 aliphatic rings. The molecular formula is C22H34BN5O2. The molecule has 1 heterocycles. The minimum Gasteiger partial charge on any atom is -0.481 e. The third kappa shape index (κ3) is 6.73. The van der Waals surface area contributed by atoms with Crippen molar-refractivity contribution in [3.8, 4) is 0 Å². The summed E-state index contributed by atoms with van der Waals surface area (Å²) in [6.07, 6.45) is 11.8. The van der Waals surface area contributed by atoms with Crippen molar-refractivity contribution in [2.24, 2.45) is 4.99 Å². The second-order valence-electron chi connectivity index (χ2n) is 7.51. The largest absolute Gasteiger partial charge is 0.481 e. The number of ether oxygens (including phenoxy) is 1. The first-order valence-corrected chi connectivity index (χ1v) is 10.7. The maximum atomic E-state index is 12.8. The second-order valence-corrected chi connectivity index (χ2v) is 7.51. The summed E-state index contributed by atoms with van der Waals surface area (Å²) in [5.41, 5.74) is 5.05. The third-order valence-electron chi connectivity index (χ3n) is 5.54. The molecule has 0 unspecified atom stereocenters. The number of amides is 1. The highest BCUT2D eigenvalue weighted by molar-refractivity contribution is 6.35. The van der Waals surface area contributed by atoms with Crippen LogP contribution in [0.5, 0.6) is 0 Å². The number of aliphatic imine (C=N–C) groups is 1. The quantitative estimate of drug-likeness (QED) is 0.226. The van der Waals surface area contributed by atoms with Crippen LogP contribution < -0.4 is 10.7 Å². The molecule has 2 rings (SSSR count). The first kappa shape index (κ1) is 23.7.